The van der Waals surface area contributed by atoms with E-state index in [0.29, 0.717) is 29.0 Å². The Morgan fingerprint density at radius 2 is 1.64 bits per heavy atom. The van der Waals surface area contributed by atoms with E-state index in [1.54, 1.807) is 4.90 Å². The van der Waals surface area contributed by atoms with Crippen molar-refractivity contribution in [1.29, 1.82) is 0 Å². The van der Waals surface area contributed by atoms with Gasteiger partial charge >= 0.3 is 0 Å². The zero-order valence-electron chi connectivity index (χ0n) is 26.3. The van der Waals surface area contributed by atoms with Gasteiger partial charge in [0.15, 0.2) is 0 Å². The van der Waals surface area contributed by atoms with Crippen molar-refractivity contribution in [3.63, 3.8) is 0 Å². The molecule has 2 aromatic carbocycles. The molecule has 2 saturated heterocycles. The first-order valence-electron chi connectivity index (χ1n) is 16.1. The summed E-state index contributed by atoms with van der Waals surface area (Å²) in [5, 5.41) is 5.26. The number of benzene rings is 2. The number of likely N-dealkylation sites (tertiary alicyclic amines) is 2. The van der Waals surface area contributed by atoms with Crippen LogP contribution in [0.5, 0.6) is 0 Å². The fraction of sp³-hybridized carbons (Fsp3) is 0.514. The first-order chi connectivity index (χ1) is 21.5. The number of carbonyl (C=O) groups is 2. The van der Waals surface area contributed by atoms with Crippen LogP contribution in [0.1, 0.15) is 59.4 Å². The standard InChI is InChI=1S/C35H42ClF2N5O2/c1-23-10-11-30(18-31(23)36)42(33(44)26-12-14-35(37,38)15-13-26)17-7-16-40-19-27-21-41(22-28(27)20-40)34(45)32-24(2)39-43(25(32)3)29-8-5-4-6-9-29/h4-6,8-11,18,26-28H,7,12-17,19-22H2,1-3H3. The number of para-hydroxylation sites is 1. The SMILES string of the molecule is Cc1ccc(N(CCCN2CC3CN(C(=O)c4c(C)nn(-c5ccccc5)c4C)CC3C2)C(=O)C2CCC(F)(F)CC2)cc1Cl. The number of alkyl halides is 2. The minimum Gasteiger partial charge on any atom is -0.338 e. The first-order valence-corrected chi connectivity index (χ1v) is 16.5. The molecule has 2 aliphatic heterocycles. The summed E-state index contributed by atoms with van der Waals surface area (Å²) in [6, 6.07) is 15.5. The molecule has 0 bridgehead atoms. The smallest absolute Gasteiger partial charge is 0.257 e. The molecule has 3 aromatic rings. The van der Waals surface area contributed by atoms with Crippen molar-refractivity contribution in [2.45, 2.75) is 58.8 Å². The quantitative estimate of drug-likeness (QED) is 0.276. The summed E-state index contributed by atoms with van der Waals surface area (Å²) in [4.78, 5) is 33.5. The number of aromatic nitrogens is 2. The second-order valence-electron chi connectivity index (χ2n) is 13.2. The predicted molar refractivity (Wildman–Crippen MR) is 172 cm³/mol. The van der Waals surface area contributed by atoms with Crippen molar-refractivity contribution in [3.8, 4) is 5.69 Å². The highest BCUT2D eigenvalue weighted by atomic mass is 35.5. The zero-order chi connectivity index (χ0) is 31.9. The van der Waals surface area contributed by atoms with Gasteiger partial charge in [0, 0.05) is 62.2 Å². The molecule has 1 aliphatic carbocycles. The summed E-state index contributed by atoms with van der Waals surface area (Å²) in [7, 11) is 0. The lowest BCUT2D eigenvalue weighted by molar-refractivity contribution is -0.126. The summed E-state index contributed by atoms with van der Waals surface area (Å²) >= 11 is 6.42. The average molecular weight is 638 g/mol. The van der Waals surface area contributed by atoms with Gasteiger partial charge in [-0.1, -0.05) is 35.9 Å². The summed E-state index contributed by atoms with van der Waals surface area (Å²) in [6.45, 7) is 10.4. The lowest BCUT2D eigenvalue weighted by Crippen LogP contribution is -2.41. The number of carbonyl (C=O) groups excluding carboxylic acids is 2. The van der Waals surface area contributed by atoms with Crippen molar-refractivity contribution >= 4 is 29.1 Å². The highest BCUT2D eigenvalue weighted by Gasteiger charge is 2.43. The molecule has 0 N–H and O–H groups in total. The van der Waals surface area contributed by atoms with E-state index in [1.165, 1.54) is 0 Å². The summed E-state index contributed by atoms with van der Waals surface area (Å²) in [5.41, 5.74) is 4.89. The predicted octanol–water partition coefficient (Wildman–Crippen LogP) is 6.70. The van der Waals surface area contributed by atoms with Gasteiger partial charge in [-0.15, -0.1) is 0 Å². The van der Waals surface area contributed by atoms with Gasteiger partial charge in [0.1, 0.15) is 0 Å². The fourth-order valence-corrected chi connectivity index (χ4v) is 7.62. The molecule has 2 atom stereocenters. The molecule has 3 heterocycles. The molecule has 0 spiro atoms. The van der Waals surface area contributed by atoms with Crippen molar-refractivity contribution in [3.05, 3.63) is 76.1 Å². The summed E-state index contributed by atoms with van der Waals surface area (Å²) in [6.07, 6.45) is 0.698. The highest BCUT2D eigenvalue weighted by Crippen LogP contribution is 2.38. The van der Waals surface area contributed by atoms with E-state index in [0.717, 1.165) is 67.5 Å². The maximum absolute atomic E-state index is 13.8. The third-order valence-corrected chi connectivity index (χ3v) is 10.4. The molecular weight excluding hydrogens is 596 g/mol. The van der Waals surface area contributed by atoms with Crippen molar-refractivity contribution < 1.29 is 18.4 Å². The molecule has 0 radical (unpaired) electrons. The van der Waals surface area contributed by atoms with E-state index >= 15 is 0 Å². The molecule has 2 amide bonds. The average Bonchev–Trinajstić information content (AvgIpc) is 3.68. The molecule has 7 nitrogen and oxygen atoms in total. The Labute approximate surface area is 269 Å². The number of rotatable bonds is 8. The number of hydrogen-bond donors (Lipinski definition) is 0. The maximum Gasteiger partial charge on any atom is 0.257 e. The number of anilines is 1. The van der Waals surface area contributed by atoms with Crippen LogP contribution in [0.2, 0.25) is 5.02 Å². The molecule has 2 unspecified atom stereocenters. The number of hydrogen-bond acceptors (Lipinski definition) is 4. The van der Waals surface area contributed by atoms with Gasteiger partial charge in [-0.3, -0.25) is 9.59 Å². The van der Waals surface area contributed by atoms with Crippen LogP contribution in [-0.4, -0.2) is 76.6 Å². The second kappa shape index (κ2) is 12.8. The van der Waals surface area contributed by atoms with E-state index in [-0.39, 0.29) is 37.5 Å². The Morgan fingerprint density at radius 1 is 0.978 bits per heavy atom. The Bertz CT molecular complexity index is 1540. The van der Waals surface area contributed by atoms with Crippen LogP contribution in [0.15, 0.2) is 48.5 Å². The van der Waals surface area contributed by atoms with Crippen LogP contribution < -0.4 is 4.90 Å². The number of nitrogens with zero attached hydrogens (tertiary/aromatic N) is 5. The molecular formula is C35H42ClF2N5O2. The van der Waals surface area contributed by atoms with Crippen LogP contribution in [-0.2, 0) is 4.79 Å². The van der Waals surface area contributed by atoms with Crippen molar-refractivity contribution in [2.75, 3.05) is 44.2 Å². The van der Waals surface area contributed by atoms with E-state index in [2.05, 4.69) is 10.00 Å². The third-order valence-electron chi connectivity index (χ3n) is 10.0. The van der Waals surface area contributed by atoms with Crippen LogP contribution in [0.4, 0.5) is 14.5 Å². The van der Waals surface area contributed by atoms with E-state index in [1.807, 2.05) is 78.9 Å². The van der Waals surface area contributed by atoms with Gasteiger partial charge in [0.05, 0.1) is 22.6 Å². The van der Waals surface area contributed by atoms with Gasteiger partial charge in [-0.25, -0.2) is 13.5 Å². The van der Waals surface area contributed by atoms with Gasteiger partial charge in [-0.05, 0) is 88.2 Å². The maximum atomic E-state index is 13.8. The van der Waals surface area contributed by atoms with E-state index in [4.69, 9.17) is 11.6 Å². The normalized spacial score (nSPS) is 21.7. The van der Waals surface area contributed by atoms with Gasteiger partial charge < -0.3 is 14.7 Å². The Kier molecular flexibility index (Phi) is 9.03. The number of aryl methyl sites for hydroxylation is 2. The Hall–Kier alpha value is -3.30. The molecule has 1 saturated carbocycles. The number of amides is 2. The van der Waals surface area contributed by atoms with Crippen LogP contribution in [0, 0.1) is 38.5 Å². The minimum absolute atomic E-state index is 0.0551. The molecule has 10 heteroatoms. The van der Waals surface area contributed by atoms with E-state index in [9.17, 15) is 18.4 Å². The molecule has 6 rings (SSSR count). The van der Waals surface area contributed by atoms with Gasteiger partial charge in [-0.2, -0.15) is 5.10 Å². The summed E-state index contributed by atoms with van der Waals surface area (Å²) < 4.78 is 29.5. The first kappa shape index (κ1) is 31.7. The second-order valence-corrected chi connectivity index (χ2v) is 13.6. The lowest BCUT2D eigenvalue weighted by atomic mass is 9.85. The Balaban J connectivity index is 1.05. The monoisotopic (exact) mass is 637 g/mol. The Morgan fingerprint density at radius 3 is 2.29 bits per heavy atom. The molecule has 240 valence electrons. The van der Waals surface area contributed by atoms with Crippen LogP contribution in [0.25, 0.3) is 5.69 Å². The van der Waals surface area contributed by atoms with Crippen molar-refractivity contribution in [1.82, 2.24) is 19.6 Å². The zero-order valence-corrected chi connectivity index (χ0v) is 27.1. The third kappa shape index (κ3) is 6.66. The van der Waals surface area contributed by atoms with Crippen molar-refractivity contribution in [2.24, 2.45) is 17.8 Å². The van der Waals surface area contributed by atoms with Gasteiger partial charge in [0.2, 0.25) is 11.8 Å². The lowest BCUT2D eigenvalue weighted by Gasteiger charge is -2.32. The van der Waals surface area contributed by atoms with E-state index < -0.39 is 11.8 Å². The fourth-order valence-electron chi connectivity index (χ4n) is 7.45. The molecule has 45 heavy (non-hydrogen) atoms. The molecule has 3 fully saturated rings. The van der Waals surface area contributed by atoms with Gasteiger partial charge in [0.25, 0.3) is 5.91 Å². The van der Waals surface area contributed by atoms with Crippen LogP contribution in [0.3, 0.4) is 0 Å². The highest BCUT2D eigenvalue weighted by molar-refractivity contribution is 6.31. The number of halogens is 3. The topological polar surface area (TPSA) is 61.7 Å². The molecule has 1 aromatic heterocycles. The number of fused-ring (bicyclic) bond motifs is 1. The minimum atomic E-state index is -2.68. The molecule has 3 aliphatic rings. The van der Waals surface area contributed by atoms with Crippen LogP contribution >= 0.6 is 11.6 Å². The largest absolute Gasteiger partial charge is 0.338 e. The summed E-state index contributed by atoms with van der Waals surface area (Å²) in [5.74, 6) is -2.28.